The summed E-state index contributed by atoms with van der Waals surface area (Å²) in [4.78, 5) is 17.3. The Hall–Kier alpha value is -3.26. The van der Waals surface area contributed by atoms with Gasteiger partial charge in [-0.3, -0.25) is 15.1 Å². The van der Waals surface area contributed by atoms with Crippen LogP contribution in [-0.2, 0) is 0 Å². The van der Waals surface area contributed by atoms with Gasteiger partial charge in [-0.1, -0.05) is 6.07 Å². The van der Waals surface area contributed by atoms with Crippen molar-refractivity contribution in [1.82, 2.24) is 19.8 Å². The average Bonchev–Trinajstić information content (AvgIpc) is 3.32. The molecular formula is C21H21N5O2S. The number of benzene rings is 1. The maximum atomic E-state index is 11.0. The summed E-state index contributed by atoms with van der Waals surface area (Å²) in [5.74, 6) is 0. The Morgan fingerprint density at radius 3 is 2.52 bits per heavy atom. The molecule has 3 aromatic rings. The molecule has 1 N–H and O–H groups in total. The van der Waals surface area contributed by atoms with Crippen LogP contribution in [0.15, 0.2) is 67.0 Å². The topological polar surface area (TPSA) is 76.2 Å². The third-order valence-corrected chi connectivity index (χ3v) is 5.44. The normalized spacial score (nSPS) is 18.9. The molecule has 7 nitrogen and oxygen atoms in total. The van der Waals surface area contributed by atoms with Crippen molar-refractivity contribution in [2.24, 2.45) is 0 Å². The van der Waals surface area contributed by atoms with Crippen LogP contribution in [0.3, 0.4) is 0 Å². The molecule has 0 unspecified atom stereocenters. The van der Waals surface area contributed by atoms with Crippen molar-refractivity contribution in [2.75, 3.05) is 0 Å². The maximum Gasteiger partial charge on any atom is 0.269 e. The molecule has 29 heavy (non-hydrogen) atoms. The van der Waals surface area contributed by atoms with Gasteiger partial charge in [0.2, 0.25) is 0 Å². The summed E-state index contributed by atoms with van der Waals surface area (Å²) in [5, 5.41) is 15.1. The third-order valence-electron chi connectivity index (χ3n) is 5.11. The van der Waals surface area contributed by atoms with E-state index in [0.29, 0.717) is 5.11 Å². The van der Waals surface area contributed by atoms with Gasteiger partial charge >= 0.3 is 0 Å². The van der Waals surface area contributed by atoms with E-state index in [4.69, 9.17) is 12.2 Å². The van der Waals surface area contributed by atoms with Crippen LogP contribution in [0.25, 0.3) is 5.69 Å². The van der Waals surface area contributed by atoms with Crippen molar-refractivity contribution in [3.63, 3.8) is 0 Å². The van der Waals surface area contributed by atoms with Crippen molar-refractivity contribution >= 4 is 23.0 Å². The van der Waals surface area contributed by atoms with Crippen molar-refractivity contribution in [1.29, 1.82) is 0 Å². The predicted molar refractivity (Wildman–Crippen MR) is 115 cm³/mol. The lowest BCUT2D eigenvalue weighted by molar-refractivity contribution is -0.384. The molecule has 2 aromatic heterocycles. The Kier molecular flexibility index (Phi) is 5.02. The number of nitro groups is 1. The first-order valence-electron chi connectivity index (χ1n) is 9.39. The van der Waals surface area contributed by atoms with Gasteiger partial charge in [0.1, 0.15) is 0 Å². The number of pyridine rings is 1. The van der Waals surface area contributed by atoms with Crippen LogP contribution >= 0.6 is 12.2 Å². The van der Waals surface area contributed by atoms with Crippen LogP contribution < -0.4 is 5.32 Å². The summed E-state index contributed by atoms with van der Waals surface area (Å²) >= 11 is 5.65. The van der Waals surface area contributed by atoms with Gasteiger partial charge < -0.3 is 14.8 Å². The molecule has 0 saturated carbocycles. The van der Waals surface area contributed by atoms with Crippen LogP contribution in [0.2, 0.25) is 0 Å². The highest BCUT2D eigenvalue weighted by atomic mass is 32.1. The van der Waals surface area contributed by atoms with Gasteiger partial charge in [-0.05, 0) is 62.5 Å². The highest BCUT2D eigenvalue weighted by Crippen LogP contribution is 2.40. The fraction of sp³-hybridized carbons (Fsp3) is 0.238. The summed E-state index contributed by atoms with van der Waals surface area (Å²) in [7, 11) is 0. The number of non-ortho nitro benzene ring substituents is 1. The van der Waals surface area contributed by atoms with Gasteiger partial charge in [-0.15, -0.1) is 0 Å². The van der Waals surface area contributed by atoms with Crippen molar-refractivity contribution in [2.45, 2.75) is 32.0 Å². The zero-order valence-corrected chi connectivity index (χ0v) is 16.9. The molecule has 148 valence electrons. The van der Waals surface area contributed by atoms with Crippen LogP contribution in [-0.4, -0.2) is 30.5 Å². The second-order valence-corrected chi connectivity index (χ2v) is 7.59. The van der Waals surface area contributed by atoms with Gasteiger partial charge in [-0.25, -0.2) is 0 Å². The fourth-order valence-electron chi connectivity index (χ4n) is 3.84. The SMILES string of the molecule is CC(C)N1C(=S)N[C@H](c2ccccn2)[C@@H]1c1cccn1-c1ccc([N+](=O)[O-])cc1. The second-order valence-electron chi connectivity index (χ2n) is 7.20. The molecule has 2 atom stereocenters. The molecule has 1 aliphatic rings. The van der Waals surface area contributed by atoms with Gasteiger partial charge in [-0.2, -0.15) is 0 Å². The first-order valence-corrected chi connectivity index (χ1v) is 9.80. The lowest BCUT2D eigenvalue weighted by atomic mass is 10.0. The van der Waals surface area contributed by atoms with E-state index < -0.39 is 4.92 Å². The zero-order chi connectivity index (χ0) is 20.5. The first-order chi connectivity index (χ1) is 14.0. The average molecular weight is 407 g/mol. The van der Waals surface area contributed by atoms with Crippen LogP contribution in [0, 0.1) is 10.1 Å². The molecule has 1 aliphatic heterocycles. The summed E-state index contributed by atoms with van der Waals surface area (Å²) in [6, 6.07) is 16.5. The van der Waals surface area contributed by atoms with E-state index in [1.54, 1.807) is 18.3 Å². The van der Waals surface area contributed by atoms with E-state index >= 15 is 0 Å². The molecule has 0 radical (unpaired) electrons. The number of hydrogen-bond acceptors (Lipinski definition) is 4. The zero-order valence-electron chi connectivity index (χ0n) is 16.1. The van der Waals surface area contributed by atoms with Crippen molar-refractivity contribution in [3.8, 4) is 5.69 Å². The molecular weight excluding hydrogens is 386 g/mol. The van der Waals surface area contributed by atoms with Crippen molar-refractivity contribution < 1.29 is 4.92 Å². The highest BCUT2D eigenvalue weighted by Gasteiger charge is 2.42. The van der Waals surface area contributed by atoms with E-state index in [1.165, 1.54) is 12.1 Å². The van der Waals surface area contributed by atoms with Crippen LogP contribution in [0.5, 0.6) is 0 Å². The standard InChI is InChI=1S/C21H21N5O2S/c1-14(2)25-20(19(23-21(25)29)17-6-3-4-12-22-17)18-7-5-13-24(18)15-8-10-16(11-9-15)26(27)28/h3-14,19-20H,1-2H3,(H,23,29)/t19-,20+/m1/s1. The molecule has 0 amide bonds. The highest BCUT2D eigenvalue weighted by molar-refractivity contribution is 7.80. The monoisotopic (exact) mass is 407 g/mol. The molecule has 8 heteroatoms. The Balaban J connectivity index is 1.80. The molecule has 3 heterocycles. The molecule has 1 saturated heterocycles. The number of aromatic nitrogens is 2. The van der Waals surface area contributed by atoms with Crippen molar-refractivity contribution in [3.05, 3.63) is 88.5 Å². The largest absolute Gasteiger partial charge is 0.352 e. The van der Waals surface area contributed by atoms with Crippen LogP contribution in [0.1, 0.15) is 37.3 Å². The fourth-order valence-corrected chi connectivity index (χ4v) is 4.29. The molecule has 0 aliphatic carbocycles. The van der Waals surface area contributed by atoms with Gasteiger partial charge in [0.15, 0.2) is 5.11 Å². The number of nitrogens with one attached hydrogen (secondary N) is 1. The van der Waals surface area contributed by atoms with Gasteiger partial charge in [0.25, 0.3) is 5.69 Å². The first kappa shape index (κ1) is 19.1. The number of nitro benzene ring substituents is 1. The Morgan fingerprint density at radius 2 is 1.90 bits per heavy atom. The molecule has 4 rings (SSSR count). The summed E-state index contributed by atoms with van der Waals surface area (Å²) in [6.45, 7) is 4.22. The lowest BCUT2D eigenvalue weighted by Crippen LogP contribution is -2.36. The van der Waals surface area contributed by atoms with E-state index in [0.717, 1.165) is 17.1 Å². The minimum atomic E-state index is -0.392. The summed E-state index contributed by atoms with van der Waals surface area (Å²) < 4.78 is 2.05. The van der Waals surface area contributed by atoms with Crippen LogP contribution in [0.4, 0.5) is 5.69 Å². The summed E-state index contributed by atoms with van der Waals surface area (Å²) in [6.07, 6.45) is 3.75. The predicted octanol–water partition coefficient (Wildman–Crippen LogP) is 4.16. The van der Waals surface area contributed by atoms with E-state index in [1.807, 2.05) is 30.5 Å². The van der Waals surface area contributed by atoms with Gasteiger partial charge in [0, 0.05) is 41.9 Å². The summed E-state index contributed by atoms with van der Waals surface area (Å²) in [5.41, 5.74) is 2.88. The molecule has 1 aromatic carbocycles. The second kappa shape index (κ2) is 7.63. The quantitative estimate of drug-likeness (QED) is 0.389. The Bertz CT molecular complexity index is 1030. The number of nitrogens with zero attached hydrogens (tertiary/aromatic N) is 4. The smallest absolute Gasteiger partial charge is 0.269 e. The van der Waals surface area contributed by atoms with E-state index in [2.05, 4.69) is 39.7 Å². The molecule has 0 bridgehead atoms. The van der Waals surface area contributed by atoms with E-state index in [9.17, 15) is 10.1 Å². The Labute approximate surface area is 174 Å². The number of thiocarbonyl (C=S) groups is 1. The number of hydrogen-bond donors (Lipinski definition) is 1. The lowest BCUT2D eigenvalue weighted by Gasteiger charge is -2.31. The minimum absolute atomic E-state index is 0.0670. The molecule has 0 spiro atoms. The number of rotatable bonds is 5. The van der Waals surface area contributed by atoms with Gasteiger partial charge in [0.05, 0.1) is 22.7 Å². The minimum Gasteiger partial charge on any atom is -0.352 e. The van der Waals surface area contributed by atoms with E-state index in [-0.39, 0.29) is 23.8 Å². The Morgan fingerprint density at radius 1 is 1.14 bits per heavy atom. The third kappa shape index (κ3) is 3.47. The molecule has 1 fully saturated rings. The maximum absolute atomic E-state index is 11.0.